The molecular weight excluding hydrogens is 254 g/mol. The van der Waals surface area contributed by atoms with E-state index in [0.717, 1.165) is 36.8 Å². The minimum Gasteiger partial charge on any atom is -0.399 e. The lowest BCUT2D eigenvalue weighted by molar-refractivity contribution is 0.0954. The molecule has 20 heavy (non-hydrogen) atoms. The molecule has 1 aromatic heterocycles. The van der Waals surface area contributed by atoms with Crippen LogP contribution < -0.4 is 11.1 Å². The maximum Gasteiger partial charge on any atom is 0.253 e. The van der Waals surface area contributed by atoms with Crippen LogP contribution in [0.15, 0.2) is 24.4 Å². The standard InChI is InChI=1S/C15H21N3O2/c1-20-8-4-2-3-7-17-15(19)13-10-18-14-9-11(16)5-6-12(13)14/h5-6,9-10,18H,2-4,7-8,16H2,1H3,(H,17,19). The van der Waals surface area contributed by atoms with Crippen LogP contribution in [0.3, 0.4) is 0 Å². The van der Waals surface area contributed by atoms with Crippen LogP contribution in [0.5, 0.6) is 0 Å². The summed E-state index contributed by atoms with van der Waals surface area (Å²) < 4.78 is 4.98. The van der Waals surface area contributed by atoms with Crippen molar-refractivity contribution in [2.75, 3.05) is 26.0 Å². The summed E-state index contributed by atoms with van der Waals surface area (Å²) in [6.07, 6.45) is 4.77. The Bertz CT molecular complexity index is 578. The van der Waals surface area contributed by atoms with Gasteiger partial charge in [0.15, 0.2) is 0 Å². The molecule has 108 valence electrons. The van der Waals surface area contributed by atoms with E-state index in [1.807, 2.05) is 12.1 Å². The van der Waals surface area contributed by atoms with E-state index in [-0.39, 0.29) is 5.91 Å². The quantitative estimate of drug-likeness (QED) is 0.536. The third-order valence-electron chi connectivity index (χ3n) is 3.26. The van der Waals surface area contributed by atoms with E-state index in [9.17, 15) is 4.79 Å². The lowest BCUT2D eigenvalue weighted by atomic mass is 10.1. The fourth-order valence-corrected chi connectivity index (χ4v) is 2.18. The number of nitrogens with two attached hydrogens (primary N) is 1. The van der Waals surface area contributed by atoms with Gasteiger partial charge in [-0.15, -0.1) is 0 Å². The molecule has 1 aromatic carbocycles. The molecule has 0 aliphatic rings. The molecule has 1 heterocycles. The molecular formula is C15H21N3O2. The second-order valence-corrected chi connectivity index (χ2v) is 4.82. The molecule has 2 rings (SSSR count). The lowest BCUT2D eigenvalue weighted by Gasteiger charge is -2.04. The predicted octanol–water partition coefficient (Wildman–Crippen LogP) is 2.30. The average Bonchev–Trinajstić information content (AvgIpc) is 2.85. The maximum atomic E-state index is 12.1. The van der Waals surface area contributed by atoms with Gasteiger partial charge in [0.1, 0.15) is 0 Å². The third-order valence-corrected chi connectivity index (χ3v) is 3.26. The second kappa shape index (κ2) is 6.96. The molecule has 5 nitrogen and oxygen atoms in total. The Kier molecular flexibility index (Phi) is 5.01. The van der Waals surface area contributed by atoms with E-state index in [0.29, 0.717) is 17.8 Å². The summed E-state index contributed by atoms with van der Waals surface area (Å²) in [4.78, 5) is 15.2. The fraction of sp³-hybridized carbons (Fsp3) is 0.400. The van der Waals surface area contributed by atoms with Crippen LogP contribution >= 0.6 is 0 Å². The van der Waals surface area contributed by atoms with Gasteiger partial charge in [0.25, 0.3) is 5.91 Å². The number of hydrogen-bond donors (Lipinski definition) is 3. The summed E-state index contributed by atoms with van der Waals surface area (Å²) in [5, 5.41) is 3.84. The Morgan fingerprint density at radius 3 is 3.00 bits per heavy atom. The summed E-state index contributed by atoms with van der Waals surface area (Å²) >= 11 is 0. The molecule has 4 N–H and O–H groups in total. The third kappa shape index (κ3) is 3.51. The Morgan fingerprint density at radius 2 is 2.20 bits per heavy atom. The number of benzene rings is 1. The van der Waals surface area contributed by atoms with Crippen molar-refractivity contribution in [2.24, 2.45) is 0 Å². The number of aromatic amines is 1. The van der Waals surface area contributed by atoms with Crippen LogP contribution in [0.25, 0.3) is 10.9 Å². The van der Waals surface area contributed by atoms with Crippen LogP contribution in [0.1, 0.15) is 29.6 Å². The average molecular weight is 275 g/mol. The van der Waals surface area contributed by atoms with E-state index in [4.69, 9.17) is 10.5 Å². The molecule has 0 spiro atoms. The highest BCUT2D eigenvalue weighted by atomic mass is 16.5. The van der Waals surface area contributed by atoms with Gasteiger partial charge in [-0.05, 0) is 37.5 Å². The summed E-state index contributed by atoms with van der Waals surface area (Å²) in [6.45, 7) is 1.46. The largest absolute Gasteiger partial charge is 0.399 e. The number of ether oxygens (including phenoxy) is 1. The Labute approximate surface area is 118 Å². The number of carbonyl (C=O) groups excluding carboxylic acids is 1. The topological polar surface area (TPSA) is 80.1 Å². The van der Waals surface area contributed by atoms with Crippen LogP contribution in [-0.2, 0) is 4.74 Å². The van der Waals surface area contributed by atoms with Crippen molar-refractivity contribution in [3.63, 3.8) is 0 Å². The molecule has 0 unspecified atom stereocenters. The van der Waals surface area contributed by atoms with Gasteiger partial charge in [-0.25, -0.2) is 0 Å². The number of unbranched alkanes of at least 4 members (excludes halogenated alkanes) is 2. The summed E-state index contributed by atoms with van der Waals surface area (Å²) in [5.41, 5.74) is 7.95. The first-order valence-corrected chi connectivity index (χ1v) is 6.86. The van der Waals surface area contributed by atoms with Gasteiger partial charge in [-0.3, -0.25) is 4.79 Å². The van der Waals surface area contributed by atoms with E-state index < -0.39 is 0 Å². The fourth-order valence-electron chi connectivity index (χ4n) is 2.18. The number of anilines is 1. The minimum atomic E-state index is -0.0484. The number of carbonyl (C=O) groups is 1. The van der Waals surface area contributed by atoms with Gasteiger partial charge in [0.2, 0.25) is 0 Å². The minimum absolute atomic E-state index is 0.0484. The first kappa shape index (κ1) is 14.4. The van der Waals surface area contributed by atoms with Gasteiger partial charge in [-0.2, -0.15) is 0 Å². The van der Waals surface area contributed by atoms with Crippen molar-refractivity contribution < 1.29 is 9.53 Å². The van der Waals surface area contributed by atoms with E-state index in [1.54, 1.807) is 19.4 Å². The Balaban J connectivity index is 1.88. The van der Waals surface area contributed by atoms with Crippen LogP contribution in [0, 0.1) is 0 Å². The summed E-state index contributed by atoms with van der Waals surface area (Å²) in [5.74, 6) is -0.0484. The van der Waals surface area contributed by atoms with Gasteiger partial charge in [-0.1, -0.05) is 0 Å². The Morgan fingerprint density at radius 1 is 1.35 bits per heavy atom. The molecule has 0 saturated heterocycles. The van der Waals surface area contributed by atoms with E-state index >= 15 is 0 Å². The molecule has 0 aliphatic heterocycles. The van der Waals surface area contributed by atoms with E-state index in [2.05, 4.69) is 10.3 Å². The molecule has 0 bridgehead atoms. The number of rotatable bonds is 7. The van der Waals surface area contributed by atoms with Crippen molar-refractivity contribution in [3.05, 3.63) is 30.0 Å². The van der Waals surface area contributed by atoms with Crippen molar-refractivity contribution in [2.45, 2.75) is 19.3 Å². The zero-order valence-corrected chi connectivity index (χ0v) is 11.7. The second-order valence-electron chi connectivity index (χ2n) is 4.82. The van der Waals surface area contributed by atoms with Crippen molar-refractivity contribution in [1.82, 2.24) is 10.3 Å². The van der Waals surface area contributed by atoms with Crippen LogP contribution in [0.4, 0.5) is 5.69 Å². The van der Waals surface area contributed by atoms with E-state index in [1.165, 1.54) is 0 Å². The molecule has 0 fully saturated rings. The molecule has 1 amide bonds. The number of aromatic nitrogens is 1. The lowest BCUT2D eigenvalue weighted by Crippen LogP contribution is -2.24. The highest BCUT2D eigenvalue weighted by Crippen LogP contribution is 2.20. The van der Waals surface area contributed by atoms with Crippen molar-refractivity contribution in [1.29, 1.82) is 0 Å². The first-order chi connectivity index (χ1) is 9.72. The highest BCUT2D eigenvalue weighted by molar-refractivity contribution is 6.07. The van der Waals surface area contributed by atoms with Gasteiger partial charge in [0, 0.05) is 43.0 Å². The van der Waals surface area contributed by atoms with Crippen molar-refractivity contribution >= 4 is 22.5 Å². The summed E-state index contributed by atoms with van der Waals surface area (Å²) in [6, 6.07) is 5.50. The smallest absolute Gasteiger partial charge is 0.253 e. The molecule has 2 aromatic rings. The van der Waals surface area contributed by atoms with Gasteiger partial charge >= 0.3 is 0 Å². The monoisotopic (exact) mass is 275 g/mol. The molecule has 0 radical (unpaired) electrons. The first-order valence-electron chi connectivity index (χ1n) is 6.86. The zero-order chi connectivity index (χ0) is 14.4. The SMILES string of the molecule is COCCCCCNC(=O)c1c[nH]c2cc(N)ccc12. The normalized spacial score (nSPS) is 10.8. The molecule has 0 saturated carbocycles. The number of methoxy groups -OCH3 is 1. The molecule has 0 atom stereocenters. The number of nitrogens with one attached hydrogen (secondary N) is 2. The summed E-state index contributed by atoms with van der Waals surface area (Å²) in [7, 11) is 1.70. The van der Waals surface area contributed by atoms with Crippen LogP contribution in [-0.4, -0.2) is 31.2 Å². The van der Waals surface area contributed by atoms with Crippen LogP contribution in [0.2, 0.25) is 0 Å². The van der Waals surface area contributed by atoms with Gasteiger partial charge in [0.05, 0.1) is 5.56 Å². The van der Waals surface area contributed by atoms with Crippen molar-refractivity contribution in [3.8, 4) is 0 Å². The predicted molar refractivity (Wildman–Crippen MR) is 80.8 cm³/mol. The number of H-pyrrole nitrogens is 1. The molecule has 0 aliphatic carbocycles. The molecule has 5 heteroatoms. The Hall–Kier alpha value is -2.01. The number of amides is 1. The highest BCUT2D eigenvalue weighted by Gasteiger charge is 2.11. The zero-order valence-electron chi connectivity index (χ0n) is 11.7. The number of nitrogen functional groups attached to an aromatic ring is 1. The van der Waals surface area contributed by atoms with Gasteiger partial charge < -0.3 is 20.8 Å². The number of hydrogen-bond acceptors (Lipinski definition) is 3. The number of fused-ring (bicyclic) bond motifs is 1. The maximum absolute atomic E-state index is 12.1.